The smallest absolute Gasteiger partial charge is 0.231 e. The number of carbonyl (C=O) groups is 1. The summed E-state index contributed by atoms with van der Waals surface area (Å²) in [7, 11) is 0. The van der Waals surface area contributed by atoms with Crippen molar-refractivity contribution in [1.82, 2.24) is 14.9 Å². The van der Waals surface area contributed by atoms with Gasteiger partial charge in [-0.15, -0.1) is 0 Å². The zero-order chi connectivity index (χ0) is 26.8. The maximum Gasteiger partial charge on any atom is 0.231 e. The molecule has 1 aromatic heterocycles. The van der Waals surface area contributed by atoms with E-state index in [0.717, 1.165) is 88.6 Å². The second-order valence-corrected chi connectivity index (χ2v) is 11.4. The minimum atomic E-state index is -0.261. The Morgan fingerprint density at radius 1 is 1.19 bits per heavy atom. The normalized spacial score (nSPS) is 27.1. The molecule has 1 amide bonds. The first-order chi connectivity index (χ1) is 17.8. The molecule has 7 nitrogen and oxygen atoms in total. The molecular formula is C30H52N6O. The number of rotatable bonds is 12. The third-order valence-electron chi connectivity index (χ3n) is 9.01. The van der Waals surface area contributed by atoms with Crippen molar-refractivity contribution in [3.8, 4) is 0 Å². The van der Waals surface area contributed by atoms with E-state index in [4.69, 9.17) is 15.7 Å². The molecule has 2 unspecified atom stereocenters. The summed E-state index contributed by atoms with van der Waals surface area (Å²) in [6.07, 6.45) is 13.6. The van der Waals surface area contributed by atoms with Crippen molar-refractivity contribution in [2.75, 3.05) is 49.1 Å². The van der Waals surface area contributed by atoms with Crippen LogP contribution in [0.5, 0.6) is 0 Å². The Morgan fingerprint density at radius 3 is 2.59 bits per heavy atom. The van der Waals surface area contributed by atoms with Crippen LogP contribution in [0.15, 0.2) is 23.8 Å². The summed E-state index contributed by atoms with van der Waals surface area (Å²) in [5, 5.41) is 0. The minimum Gasteiger partial charge on any atom is -0.369 e. The van der Waals surface area contributed by atoms with E-state index >= 15 is 0 Å². The first-order valence-electron chi connectivity index (χ1n) is 14.6. The van der Waals surface area contributed by atoms with Gasteiger partial charge < -0.3 is 15.5 Å². The largest absolute Gasteiger partial charge is 0.369 e. The molecule has 2 N–H and O–H groups in total. The van der Waals surface area contributed by atoms with Crippen molar-refractivity contribution in [1.29, 1.82) is 0 Å². The Hall–Kier alpha value is -2.41. The highest BCUT2D eigenvalue weighted by Gasteiger charge is 2.69. The van der Waals surface area contributed by atoms with Gasteiger partial charge in [0.25, 0.3) is 0 Å². The van der Waals surface area contributed by atoms with E-state index in [1.165, 1.54) is 11.3 Å². The summed E-state index contributed by atoms with van der Waals surface area (Å²) in [4.78, 5) is 29.6. The number of primary amides is 1. The van der Waals surface area contributed by atoms with Gasteiger partial charge in [0.2, 0.25) is 5.91 Å². The van der Waals surface area contributed by atoms with Crippen LogP contribution in [-0.2, 0) is 10.2 Å². The van der Waals surface area contributed by atoms with E-state index in [-0.39, 0.29) is 25.6 Å². The fourth-order valence-corrected chi connectivity index (χ4v) is 6.87. The molecular weight excluding hydrogens is 460 g/mol. The van der Waals surface area contributed by atoms with Crippen LogP contribution in [0.2, 0.25) is 0 Å². The molecule has 4 rings (SSSR count). The number of amides is 1. The molecule has 3 aliphatic rings. The van der Waals surface area contributed by atoms with E-state index in [0.29, 0.717) is 6.54 Å². The van der Waals surface area contributed by atoms with Gasteiger partial charge in [-0.3, -0.25) is 9.69 Å². The number of aryl methyl sites for hydroxylation is 1. The van der Waals surface area contributed by atoms with Crippen molar-refractivity contribution in [2.24, 2.45) is 11.1 Å². The number of nitrogens with two attached hydrogens (primary N) is 1. The van der Waals surface area contributed by atoms with Crippen LogP contribution in [0, 0.1) is 12.3 Å². The van der Waals surface area contributed by atoms with Crippen molar-refractivity contribution in [3.05, 3.63) is 35.3 Å². The quantitative estimate of drug-likeness (QED) is 0.413. The van der Waals surface area contributed by atoms with Gasteiger partial charge in [-0.2, -0.15) is 0 Å². The Kier molecular flexibility index (Phi) is 8.32. The predicted octanol–water partition coefficient (Wildman–Crippen LogP) is 5.23. The maximum absolute atomic E-state index is 11.6. The molecule has 1 aliphatic heterocycles. The van der Waals surface area contributed by atoms with Crippen LogP contribution < -0.4 is 15.5 Å². The van der Waals surface area contributed by atoms with Crippen LogP contribution in [0.1, 0.15) is 87.5 Å². The lowest BCUT2D eigenvalue weighted by Gasteiger charge is -2.42. The molecule has 2 fully saturated rings. The third kappa shape index (κ3) is 4.91. The molecule has 0 bridgehead atoms. The van der Waals surface area contributed by atoms with Crippen molar-refractivity contribution >= 4 is 17.4 Å². The molecule has 7 heteroatoms. The summed E-state index contributed by atoms with van der Waals surface area (Å²) in [5.41, 5.74) is 9.34. The Morgan fingerprint density at radius 2 is 1.97 bits per heavy atom. The Balaban J connectivity index is 0.00000267. The number of nitrogens with zero attached hydrogens (tertiary/aromatic N) is 5. The lowest BCUT2D eigenvalue weighted by atomic mass is 9.79. The molecule has 1 saturated carbocycles. The fourth-order valence-electron chi connectivity index (χ4n) is 6.87. The van der Waals surface area contributed by atoms with E-state index in [9.17, 15) is 4.79 Å². The van der Waals surface area contributed by atoms with Crippen LogP contribution in [0.25, 0.3) is 0 Å². The molecule has 208 valence electrons. The standard InChI is InChI=1S/C30H48N6O.2H2/c1-7-11-16-34(15-8-2)26-23(6)32-28(30-21-29(30,10-4)14-12-13-24(30)9-3)33-27(26)36-18-17-35(20-25(31)37)22(5)19-36;;/h12-14,22H,7-11,15-21H2,1-6H3,(H2,31,37);2*1H/t22-,29?,30?;;/m1../s1. The van der Waals surface area contributed by atoms with Crippen molar-refractivity contribution < 1.29 is 7.65 Å². The molecule has 0 aromatic carbocycles. The number of carbonyl (C=O) groups excluding carboxylic acids is 1. The lowest BCUT2D eigenvalue weighted by molar-refractivity contribution is -0.119. The SMILES string of the molecule is CCCCN(CCC)c1c(C)nc(C23CC2(CC)C=CC=C3CC)nc1N1CCN(CC(N)=O)[C@H](C)C1.[HH].[HH]. The maximum atomic E-state index is 11.6. The predicted molar refractivity (Wildman–Crippen MR) is 157 cm³/mol. The number of hydrogen-bond acceptors (Lipinski definition) is 6. The molecule has 2 aliphatic carbocycles. The van der Waals surface area contributed by atoms with E-state index in [1.54, 1.807) is 0 Å². The topological polar surface area (TPSA) is 78.6 Å². The van der Waals surface area contributed by atoms with Gasteiger partial charge in [-0.1, -0.05) is 57.9 Å². The summed E-state index contributed by atoms with van der Waals surface area (Å²) >= 11 is 0. The van der Waals surface area contributed by atoms with Crippen molar-refractivity contribution in [3.63, 3.8) is 0 Å². The monoisotopic (exact) mass is 512 g/mol. The van der Waals surface area contributed by atoms with Crippen LogP contribution in [0.3, 0.4) is 0 Å². The lowest BCUT2D eigenvalue weighted by Crippen LogP contribution is -2.54. The van der Waals surface area contributed by atoms with Gasteiger partial charge in [-0.25, -0.2) is 9.97 Å². The summed E-state index contributed by atoms with van der Waals surface area (Å²) < 4.78 is 0. The van der Waals surface area contributed by atoms with Gasteiger partial charge in [0.15, 0.2) is 5.82 Å². The highest BCUT2D eigenvalue weighted by Crippen LogP contribution is 2.72. The van der Waals surface area contributed by atoms with E-state index in [1.807, 2.05) is 0 Å². The average Bonchev–Trinajstić information content (AvgIpc) is 3.58. The van der Waals surface area contributed by atoms with Crippen LogP contribution in [-0.4, -0.2) is 66.1 Å². The average molecular weight is 513 g/mol. The number of piperazine rings is 1. The molecule has 1 aromatic rings. The van der Waals surface area contributed by atoms with Crippen LogP contribution in [0.4, 0.5) is 11.5 Å². The van der Waals surface area contributed by atoms with Crippen molar-refractivity contribution in [2.45, 2.75) is 91.5 Å². The summed E-state index contributed by atoms with van der Waals surface area (Å²) in [6.45, 7) is 18.2. The summed E-state index contributed by atoms with van der Waals surface area (Å²) in [5.74, 6) is 1.82. The first kappa shape index (κ1) is 27.6. The molecule has 1 saturated heterocycles. The number of anilines is 2. The number of hydrogen-bond donors (Lipinski definition) is 1. The third-order valence-corrected chi connectivity index (χ3v) is 9.01. The van der Waals surface area contributed by atoms with Gasteiger partial charge in [0.1, 0.15) is 11.5 Å². The first-order valence-corrected chi connectivity index (χ1v) is 14.6. The van der Waals surface area contributed by atoms with E-state index < -0.39 is 0 Å². The summed E-state index contributed by atoms with van der Waals surface area (Å²) in [6, 6.07) is 0.223. The van der Waals surface area contributed by atoms with Gasteiger partial charge in [0, 0.05) is 47.0 Å². The molecule has 3 atom stereocenters. The van der Waals surface area contributed by atoms with Gasteiger partial charge in [-0.05, 0) is 46.0 Å². The minimum absolute atomic E-state index is 0. The van der Waals surface area contributed by atoms with Crippen LogP contribution >= 0.6 is 0 Å². The Labute approximate surface area is 227 Å². The highest BCUT2D eigenvalue weighted by molar-refractivity contribution is 5.76. The second-order valence-electron chi connectivity index (χ2n) is 11.4. The second kappa shape index (κ2) is 11.1. The van der Waals surface area contributed by atoms with E-state index in [2.05, 4.69) is 74.5 Å². The number of fused-ring (bicyclic) bond motifs is 1. The molecule has 0 spiro atoms. The number of aromatic nitrogens is 2. The fraction of sp³-hybridized carbons (Fsp3) is 0.700. The zero-order valence-electron chi connectivity index (χ0n) is 24.0. The molecule has 37 heavy (non-hydrogen) atoms. The Bertz CT molecular complexity index is 1060. The molecule has 2 heterocycles. The van der Waals surface area contributed by atoms with Gasteiger partial charge in [0.05, 0.1) is 17.7 Å². The van der Waals surface area contributed by atoms with Gasteiger partial charge >= 0.3 is 0 Å². The number of allylic oxidation sites excluding steroid dienone is 4. The highest BCUT2D eigenvalue weighted by atomic mass is 16.1. The number of unbranched alkanes of at least 4 members (excludes halogenated alkanes) is 1. The zero-order valence-corrected chi connectivity index (χ0v) is 24.0. The molecule has 0 radical (unpaired) electrons.